The zero-order valence-electron chi connectivity index (χ0n) is 7.39. The van der Waals surface area contributed by atoms with E-state index in [1.54, 1.807) is 6.92 Å². The van der Waals surface area contributed by atoms with E-state index >= 15 is 0 Å². The summed E-state index contributed by atoms with van der Waals surface area (Å²) in [6.07, 6.45) is 2.94. The smallest absolute Gasteiger partial charge is 0.146 e. The molecule has 0 amide bonds. The lowest BCUT2D eigenvalue weighted by Gasteiger charge is -2.11. The van der Waals surface area contributed by atoms with Gasteiger partial charge in [-0.05, 0) is 33.4 Å². The van der Waals surface area contributed by atoms with E-state index < -0.39 is 0 Å². The Bertz CT molecular complexity index is 115. The Morgan fingerprint density at radius 2 is 1.92 bits per heavy atom. The first-order valence-electron chi connectivity index (χ1n) is 4.10. The first-order chi connectivity index (χ1) is 5.22. The number of nitrogens with two attached hydrogens (primary N) is 1. The van der Waals surface area contributed by atoms with Gasteiger partial charge in [-0.1, -0.05) is 21.3 Å². The topological polar surface area (TPSA) is 55.1 Å². The van der Waals surface area contributed by atoms with E-state index in [4.69, 9.17) is 5.73 Å². The molecular formula is C10H26N2O. The van der Waals surface area contributed by atoms with E-state index in [0.29, 0.717) is 6.54 Å². The average molecular weight is 190 g/mol. The molecule has 3 N–H and O–H groups in total. The molecule has 0 heterocycles. The van der Waals surface area contributed by atoms with Crippen LogP contribution in [0.2, 0.25) is 0 Å². The molecule has 3 nitrogen and oxygen atoms in total. The van der Waals surface area contributed by atoms with Crippen molar-refractivity contribution in [2.24, 2.45) is 5.73 Å². The van der Waals surface area contributed by atoms with Crippen molar-refractivity contribution in [1.29, 1.82) is 0 Å². The van der Waals surface area contributed by atoms with Gasteiger partial charge in [-0.25, -0.2) is 0 Å². The van der Waals surface area contributed by atoms with E-state index in [0.717, 1.165) is 19.3 Å². The minimum Gasteiger partial charge on any atom is -0.330 e. The van der Waals surface area contributed by atoms with E-state index in [2.05, 4.69) is 5.32 Å². The van der Waals surface area contributed by atoms with Crippen molar-refractivity contribution in [3.63, 3.8) is 0 Å². The molecule has 0 unspecified atom stereocenters. The third kappa shape index (κ3) is 9.50. The number of nitrogens with one attached hydrogen (secondary N) is 1. The summed E-state index contributed by atoms with van der Waals surface area (Å²) in [5.41, 5.74) is 5.33. The van der Waals surface area contributed by atoms with Crippen LogP contribution in [0.15, 0.2) is 0 Å². The summed E-state index contributed by atoms with van der Waals surface area (Å²) in [6, 6.07) is 0.0292. The molecule has 0 fully saturated rings. The summed E-state index contributed by atoms with van der Waals surface area (Å²) in [5.74, 6) is 0.213. The van der Waals surface area contributed by atoms with Crippen LogP contribution in [0.4, 0.5) is 0 Å². The molecule has 0 aliphatic rings. The van der Waals surface area contributed by atoms with Crippen molar-refractivity contribution in [2.45, 2.75) is 47.1 Å². The number of unbranched alkanes of at least 4 members (excludes halogenated alkanes) is 1. The lowest BCUT2D eigenvalue weighted by molar-refractivity contribution is -0.119. The molecule has 0 aromatic heterocycles. The lowest BCUT2D eigenvalue weighted by Crippen LogP contribution is -2.32. The highest BCUT2D eigenvalue weighted by Crippen LogP contribution is 2.00. The molecular weight excluding hydrogens is 164 g/mol. The summed E-state index contributed by atoms with van der Waals surface area (Å²) in [6.45, 7) is 2.33. The number of Topliss-reactive ketones (excluding diaryl/α,β-unsaturated/α-hetero) is 1. The van der Waals surface area contributed by atoms with Gasteiger partial charge >= 0.3 is 0 Å². The predicted octanol–water partition coefficient (Wildman–Crippen LogP) is 1.56. The molecule has 0 aromatic rings. The van der Waals surface area contributed by atoms with Crippen LogP contribution in [0.5, 0.6) is 0 Å². The number of hydrogen-bond acceptors (Lipinski definition) is 3. The second-order valence-corrected chi connectivity index (χ2v) is 2.74. The van der Waals surface area contributed by atoms with Gasteiger partial charge < -0.3 is 11.1 Å². The zero-order valence-corrected chi connectivity index (χ0v) is 7.39. The van der Waals surface area contributed by atoms with Crippen molar-refractivity contribution in [3.8, 4) is 0 Å². The zero-order chi connectivity index (χ0) is 8.69. The number of rotatable bonds is 6. The summed E-state index contributed by atoms with van der Waals surface area (Å²) >= 11 is 0. The molecule has 0 bridgehead atoms. The van der Waals surface area contributed by atoms with Crippen LogP contribution in [0.25, 0.3) is 0 Å². The monoisotopic (exact) mass is 190 g/mol. The summed E-state index contributed by atoms with van der Waals surface area (Å²) in [5, 5.41) is 2.97. The molecule has 0 aliphatic heterocycles. The van der Waals surface area contributed by atoms with Gasteiger partial charge in [0.25, 0.3) is 0 Å². The van der Waals surface area contributed by atoms with Crippen molar-refractivity contribution < 1.29 is 4.79 Å². The van der Waals surface area contributed by atoms with Crippen LogP contribution in [-0.4, -0.2) is 25.4 Å². The molecule has 13 heavy (non-hydrogen) atoms. The molecule has 0 saturated carbocycles. The quantitative estimate of drug-likeness (QED) is 0.625. The van der Waals surface area contributed by atoms with Gasteiger partial charge in [0.1, 0.15) is 5.78 Å². The van der Waals surface area contributed by atoms with Crippen LogP contribution in [0.3, 0.4) is 0 Å². The predicted molar refractivity (Wildman–Crippen MR) is 59.9 cm³/mol. The fourth-order valence-electron chi connectivity index (χ4n) is 1.04. The first kappa shape index (κ1) is 18.4. The average Bonchev–Trinajstić information content (AvgIpc) is 1.97. The van der Waals surface area contributed by atoms with E-state index in [1.807, 2.05) is 7.05 Å². The fourth-order valence-corrected chi connectivity index (χ4v) is 1.04. The number of carbonyl (C=O) groups excluding carboxylic acids is 1. The maximum atomic E-state index is 10.9. The molecule has 3 heteroatoms. The molecule has 0 radical (unpaired) electrons. The molecule has 1 atom stereocenters. The summed E-state index contributed by atoms with van der Waals surface area (Å²) in [7, 11) is 1.81. The van der Waals surface area contributed by atoms with Crippen molar-refractivity contribution in [2.75, 3.05) is 13.6 Å². The van der Waals surface area contributed by atoms with Crippen molar-refractivity contribution >= 4 is 5.78 Å². The molecule has 0 spiro atoms. The Morgan fingerprint density at radius 1 is 1.38 bits per heavy atom. The Kier molecular flexibility index (Phi) is 16.4. The molecule has 82 valence electrons. The Morgan fingerprint density at radius 3 is 2.23 bits per heavy atom. The van der Waals surface area contributed by atoms with Gasteiger partial charge in [-0.15, -0.1) is 0 Å². The summed E-state index contributed by atoms with van der Waals surface area (Å²) < 4.78 is 0. The van der Waals surface area contributed by atoms with Gasteiger partial charge in [0.05, 0.1) is 6.04 Å². The normalized spacial score (nSPS) is 11.0. The fraction of sp³-hybridized carbons (Fsp3) is 0.900. The lowest BCUT2D eigenvalue weighted by atomic mass is 10.1. The van der Waals surface area contributed by atoms with Crippen LogP contribution in [0, 0.1) is 0 Å². The number of carbonyl (C=O) groups is 1. The third-order valence-corrected chi connectivity index (χ3v) is 1.79. The minimum atomic E-state index is 0. The highest BCUT2D eigenvalue weighted by atomic mass is 16.1. The molecule has 0 aromatic carbocycles. The van der Waals surface area contributed by atoms with Crippen LogP contribution >= 0.6 is 0 Å². The maximum Gasteiger partial charge on any atom is 0.146 e. The van der Waals surface area contributed by atoms with Gasteiger partial charge in [0, 0.05) is 0 Å². The van der Waals surface area contributed by atoms with E-state index in [1.165, 1.54) is 0 Å². The maximum absolute atomic E-state index is 10.9. The SMILES string of the molecule is C.C.CN[C@@H](CCCCN)C(C)=O. The molecule has 0 saturated heterocycles. The highest BCUT2D eigenvalue weighted by Gasteiger charge is 2.09. The van der Waals surface area contributed by atoms with Gasteiger partial charge in [-0.3, -0.25) is 4.79 Å². The van der Waals surface area contributed by atoms with Crippen LogP contribution in [0.1, 0.15) is 41.0 Å². The standard InChI is InChI=1S/C8H18N2O.2CH4/c1-7(11)8(10-2)5-3-4-6-9;;/h8,10H,3-6,9H2,1-2H3;2*1H4/t8-;;/m0../s1. The first-order valence-corrected chi connectivity index (χ1v) is 4.10. The second kappa shape index (κ2) is 11.6. The van der Waals surface area contributed by atoms with Crippen molar-refractivity contribution in [3.05, 3.63) is 0 Å². The number of likely N-dealkylation sites (N-methyl/N-ethyl adjacent to an activating group) is 1. The molecule has 0 rings (SSSR count). The van der Waals surface area contributed by atoms with Gasteiger partial charge in [-0.2, -0.15) is 0 Å². The van der Waals surface area contributed by atoms with Gasteiger partial charge in [0.2, 0.25) is 0 Å². The van der Waals surface area contributed by atoms with Crippen molar-refractivity contribution in [1.82, 2.24) is 5.32 Å². The largest absolute Gasteiger partial charge is 0.330 e. The summed E-state index contributed by atoms with van der Waals surface area (Å²) in [4.78, 5) is 10.9. The van der Waals surface area contributed by atoms with E-state index in [9.17, 15) is 4.79 Å². The van der Waals surface area contributed by atoms with Gasteiger partial charge in [0.15, 0.2) is 0 Å². The minimum absolute atomic E-state index is 0. The molecule has 0 aliphatic carbocycles. The highest BCUT2D eigenvalue weighted by molar-refractivity contribution is 5.81. The van der Waals surface area contributed by atoms with E-state index in [-0.39, 0.29) is 26.7 Å². The number of hydrogen-bond donors (Lipinski definition) is 2. The van der Waals surface area contributed by atoms with Crippen LogP contribution in [-0.2, 0) is 4.79 Å². The Hall–Kier alpha value is -0.410. The second-order valence-electron chi connectivity index (χ2n) is 2.74. The Balaban J connectivity index is -0.000000500. The number of ketones is 1. The van der Waals surface area contributed by atoms with Crippen LogP contribution < -0.4 is 11.1 Å². The Labute approximate surface area is 83.1 Å². The third-order valence-electron chi connectivity index (χ3n) is 1.79.